The molecular weight excluding hydrogens is 242 g/mol. The molecule has 0 amide bonds. The van der Waals surface area contributed by atoms with Crippen molar-refractivity contribution in [2.24, 2.45) is 0 Å². The molecule has 0 aliphatic carbocycles. The molecule has 18 heavy (non-hydrogen) atoms. The van der Waals surface area contributed by atoms with Crippen molar-refractivity contribution in [1.29, 1.82) is 0 Å². The van der Waals surface area contributed by atoms with Crippen molar-refractivity contribution >= 4 is 12.4 Å². The number of allylic oxidation sites excluding steroid dienone is 1. The van der Waals surface area contributed by atoms with Crippen LogP contribution in [0.25, 0.3) is 6.08 Å². The molecule has 0 fully saturated rings. The number of nitro groups is 1. The molecule has 1 aliphatic heterocycles. The van der Waals surface area contributed by atoms with Gasteiger partial charge in [-0.05, 0) is 17.7 Å². The lowest BCUT2D eigenvalue weighted by Gasteiger charge is -2.05. The minimum absolute atomic E-state index is 0.0641. The number of methoxy groups -OCH3 is 1. The second-order valence-electron chi connectivity index (χ2n) is 3.40. The Labute approximate surface area is 102 Å². The van der Waals surface area contributed by atoms with E-state index in [1.165, 1.54) is 19.2 Å². The van der Waals surface area contributed by atoms with E-state index in [9.17, 15) is 14.9 Å². The van der Waals surface area contributed by atoms with Crippen LogP contribution in [0, 0.1) is 10.1 Å². The standard InChI is InChI=1S/C11H9NO6/c1-16-9-3-7(2-8(5-13)12(14)15)4-10-11(9)18-6-17-10/h2-5H,6H2,1H3/b8-2-. The SMILES string of the molecule is COc1cc(/C=C(/C=O)[N+](=O)[O-])cc2c1OCO2. The Hall–Kier alpha value is -2.57. The first kappa shape index (κ1) is 11.9. The summed E-state index contributed by atoms with van der Waals surface area (Å²) in [7, 11) is 1.44. The van der Waals surface area contributed by atoms with E-state index in [2.05, 4.69) is 0 Å². The molecule has 0 N–H and O–H groups in total. The molecule has 94 valence electrons. The number of aldehydes is 1. The topological polar surface area (TPSA) is 87.9 Å². The van der Waals surface area contributed by atoms with Gasteiger partial charge in [-0.3, -0.25) is 14.9 Å². The summed E-state index contributed by atoms with van der Waals surface area (Å²) in [6, 6.07) is 3.07. The molecule has 1 aromatic rings. The number of carbonyl (C=O) groups excluding carboxylic acids is 1. The van der Waals surface area contributed by atoms with E-state index in [0.29, 0.717) is 22.8 Å². The van der Waals surface area contributed by atoms with E-state index in [1.807, 2.05) is 0 Å². The maximum absolute atomic E-state index is 10.5. The number of ether oxygens (including phenoxy) is 3. The Morgan fingerprint density at radius 3 is 2.89 bits per heavy atom. The number of benzene rings is 1. The fourth-order valence-electron chi connectivity index (χ4n) is 1.53. The summed E-state index contributed by atoms with van der Waals surface area (Å²) in [5, 5.41) is 10.5. The molecule has 1 aromatic carbocycles. The molecule has 2 rings (SSSR count). The molecule has 0 bridgehead atoms. The van der Waals surface area contributed by atoms with E-state index in [4.69, 9.17) is 14.2 Å². The lowest BCUT2D eigenvalue weighted by atomic mass is 10.1. The molecule has 7 heteroatoms. The van der Waals surface area contributed by atoms with Crippen LogP contribution in [0.5, 0.6) is 17.2 Å². The van der Waals surface area contributed by atoms with Crippen molar-refractivity contribution in [2.45, 2.75) is 0 Å². The number of hydrogen-bond donors (Lipinski definition) is 0. The predicted octanol–water partition coefficient (Wildman–Crippen LogP) is 1.24. The van der Waals surface area contributed by atoms with Gasteiger partial charge in [0.25, 0.3) is 0 Å². The Balaban J connectivity index is 2.47. The number of carbonyl (C=O) groups is 1. The Bertz CT molecular complexity index is 537. The van der Waals surface area contributed by atoms with Gasteiger partial charge in [-0.1, -0.05) is 0 Å². The first-order valence-electron chi connectivity index (χ1n) is 4.94. The summed E-state index contributed by atoms with van der Waals surface area (Å²) in [6.07, 6.45) is 1.31. The van der Waals surface area contributed by atoms with Gasteiger partial charge in [-0.15, -0.1) is 0 Å². The van der Waals surface area contributed by atoms with Gasteiger partial charge >= 0.3 is 5.70 Å². The van der Waals surface area contributed by atoms with E-state index in [-0.39, 0.29) is 13.1 Å². The van der Waals surface area contributed by atoms with Crippen LogP contribution in [-0.2, 0) is 4.79 Å². The smallest absolute Gasteiger partial charge is 0.309 e. The van der Waals surface area contributed by atoms with Crippen LogP contribution in [0.3, 0.4) is 0 Å². The predicted molar refractivity (Wildman–Crippen MR) is 60.2 cm³/mol. The third kappa shape index (κ3) is 2.10. The van der Waals surface area contributed by atoms with Gasteiger partial charge in [-0.25, -0.2) is 0 Å². The van der Waals surface area contributed by atoms with Gasteiger partial charge < -0.3 is 14.2 Å². The monoisotopic (exact) mass is 251 g/mol. The zero-order chi connectivity index (χ0) is 13.1. The van der Waals surface area contributed by atoms with Crippen LogP contribution >= 0.6 is 0 Å². The van der Waals surface area contributed by atoms with Gasteiger partial charge in [0.15, 0.2) is 11.5 Å². The lowest BCUT2D eigenvalue weighted by molar-refractivity contribution is -0.415. The third-order valence-corrected chi connectivity index (χ3v) is 2.33. The highest BCUT2D eigenvalue weighted by Gasteiger charge is 2.20. The van der Waals surface area contributed by atoms with Gasteiger partial charge in [0.05, 0.1) is 12.0 Å². The van der Waals surface area contributed by atoms with Crippen LogP contribution in [-0.4, -0.2) is 25.1 Å². The summed E-state index contributed by atoms with van der Waals surface area (Å²) in [6.45, 7) is 0.0641. The highest BCUT2D eigenvalue weighted by Crippen LogP contribution is 2.42. The quantitative estimate of drug-likeness (QED) is 0.346. The number of nitrogens with zero attached hydrogens (tertiary/aromatic N) is 1. The molecule has 0 unspecified atom stereocenters. The normalized spacial score (nSPS) is 13.3. The lowest BCUT2D eigenvalue weighted by Crippen LogP contribution is -1.99. The average Bonchev–Trinajstić information content (AvgIpc) is 2.82. The highest BCUT2D eigenvalue weighted by atomic mass is 16.7. The Morgan fingerprint density at radius 1 is 1.50 bits per heavy atom. The summed E-state index contributed by atoms with van der Waals surface area (Å²) in [4.78, 5) is 20.3. The van der Waals surface area contributed by atoms with Gasteiger partial charge in [-0.2, -0.15) is 0 Å². The second-order valence-corrected chi connectivity index (χ2v) is 3.40. The fourth-order valence-corrected chi connectivity index (χ4v) is 1.53. The number of rotatable bonds is 4. The van der Waals surface area contributed by atoms with Gasteiger partial charge in [0, 0.05) is 6.08 Å². The van der Waals surface area contributed by atoms with E-state index < -0.39 is 10.6 Å². The van der Waals surface area contributed by atoms with Gasteiger partial charge in [0.1, 0.15) is 0 Å². The van der Waals surface area contributed by atoms with Gasteiger partial charge in [0.2, 0.25) is 18.8 Å². The van der Waals surface area contributed by atoms with Crippen molar-refractivity contribution in [2.75, 3.05) is 13.9 Å². The molecule has 0 radical (unpaired) electrons. The maximum Gasteiger partial charge on any atom is 0.309 e. The van der Waals surface area contributed by atoms with E-state index in [1.54, 1.807) is 0 Å². The fraction of sp³-hybridized carbons (Fsp3) is 0.182. The maximum atomic E-state index is 10.5. The van der Waals surface area contributed by atoms with Crippen LogP contribution in [0.4, 0.5) is 0 Å². The molecule has 1 aliphatic rings. The Kier molecular flexibility index (Phi) is 3.13. The van der Waals surface area contributed by atoms with Crippen LogP contribution in [0.2, 0.25) is 0 Å². The molecule has 0 spiro atoms. The van der Waals surface area contributed by atoms with Crippen molar-refractivity contribution < 1.29 is 23.9 Å². The summed E-state index contributed by atoms with van der Waals surface area (Å²) < 4.78 is 15.4. The molecular formula is C11H9NO6. The van der Waals surface area contributed by atoms with E-state index in [0.717, 1.165) is 6.08 Å². The van der Waals surface area contributed by atoms with Crippen molar-refractivity contribution in [3.63, 3.8) is 0 Å². The van der Waals surface area contributed by atoms with Crippen molar-refractivity contribution in [3.8, 4) is 17.2 Å². The minimum Gasteiger partial charge on any atom is -0.493 e. The zero-order valence-corrected chi connectivity index (χ0v) is 9.41. The molecule has 0 saturated heterocycles. The molecule has 7 nitrogen and oxygen atoms in total. The third-order valence-electron chi connectivity index (χ3n) is 2.33. The van der Waals surface area contributed by atoms with Crippen LogP contribution in [0.15, 0.2) is 17.8 Å². The number of fused-ring (bicyclic) bond motifs is 1. The molecule has 0 aromatic heterocycles. The van der Waals surface area contributed by atoms with Crippen LogP contribution < -0.4 is 14.2 Å². The van der Waals surface area contributed by atoms with Crippen molar-refractivity contribution in [1.82, 2.24) is 0 Å². The average molecular weight is 251 g/mol. The first-order valence-corrected chi connectivity index (χ1v) is 4.94. The largest absolute Gasteiger partial charge is 0.493 e. The highest BCUT2D eigenvalue weighted by molar-refractivity contribution is 5.79. The molecule has 0 saturated carbocycles. The van der Waals surface area contributed by atoms with Crippen molar-refractivity contribution in [3.05, 3.63) is 33.5 Å². The summed E-state index contributed by atoms with van der Waals surface area (Å²) >= 11 is 0. The summed E-state index contributed by atoms with van der Waals surface area (Å²) in [5.74, 6) is 1.27. The summed E-state index contributed by atoms with van der Waals surface area (Å²) in [5.41, 5.74) is -0.120. The first-order chi connectivity index (χ1) is 8.65. The molecule has 0 atom stereocenters. The van der Waals surface area contributed by atoms with E-state index >= 15 is 0 Å². The Morgan fingerprint density at radius 2 is 2.28 bits per heavy atom. The van der Waals surface area contributed by atoms with Crippen LogP contribution in [0.1, 0.15) is 5.56 Å². The zero-order valence-electron chi connectivity index (χ0n) is 9.41. The number of hydrogen-bond acceptors (Lipinski definition) is 6. The second kappa shape index (κ2) is 4.74. The minimum atomic E-state index is -0.760. The molecule has 1 heterocycles.